The van der Waals surface area contributed by atoms with E-state index in [0.717, 1.165) is 5.13 Å². The number of rotatable bonds is 2. The third-order valence-electron chi connectivity index (χ3n) is 1.64. The number of anilines is 1. The number of benzene rings is 1. The lowest BCUT2D eigenvalue weighted by molar-refractivity contribution is 1.43. The summed E-state index contributed by atoms with van der Waals surface area (Å²) >= 11 is 3.74. The minimum Gasteiger partial charge on any atom is -0.304 e. The minimum atomic E-state index is 0.944. The number of aromatic nitrogens is 1. The molecule has 0 spiro atoms. The standard InChI is InChI=1S/C9H7IN2S/c10-12-9-11-6-8(13-9)7-4-2-1-3-5-7/h1-6H,(H,11,12). The Kier molecular flexibility index (Phi) is 2.80. The van der Waals surface area contributed by atoms with Crippen LogP contribution in [0.4, 0.5) is 5.13 Å². The molecule has 2 nitrogen and oxygen atoms in total. The Balaban J connectivity index is 2.36. The summed E-state index contributed by atoms with van der Waals surface area (Å²) in [6.07, 6.45) is 1.89. The van der Waals surface area contributed by atoms with Crippen LogP contribution in [-0.2, 0) is 0 Å². The van der Waals surface area contributed by atoms with E-state index in [2.05, 4.69) is 43.5 Å². The second-order valence-electron chi connectivity index (χ2n) is 2.49. The molecule has 1 aromatic carbocycles. The third-order valence-corrected chi connectivity index (χ3v) is 3.48. The highest BCUT2D eigenvalue weighted by Gasteiger charge is 2.01. The van der Waals surface area contributed by atoms with Crippen molar-refractivity contribution in [2.45, 2.75) is 0 Å². The Morgan fingerprint density at radius 1 is 1.23 bits per heavy atom. The van der Waals surface area contributed by atoms with Gasteiger partial charge in [0, 0.05) is 6.20 Å². The summed E-state index contributed by atoms with van der Waals surface area (Å²) < 4.78 is 2.99. The minimum absolute atomic E-state index is 0.944. The van der Waals surface area contributed by atoms with Gasteiger partial charge in [0.15, 0.2) is 5.13 Å². The number of nitrogens with one attached hydrogen (secondary N) is 1. The van der Waals surface area contributed by atoms with Crippen LogP contribution in [0, 0.1) is 0 Å². The van der Waals surface area contributed by atoms with Gasteiger partial charge in [0.25, 0.3) is 0 Å². The number of halogens is 1. The maximum absolute atomic E-state index is 4.21. The molecule has 0 aliphatic heterocycles. The summed E-state index contributed by atoms with van der Waals surface area (Å²) in [6, 6.07) is 10.3. The Hall–Kier alpha value is -0.620. The highest BCUT2D eigenvalue weighted by molar-refractivity contribution is 14.1. The molecule has 0 unspecified atom stereocenters. The molecule has 4 heteroatoms. The maximum Gasteiger partial charge on any atom is 0.192 e. The fraction of sp³-hybridized carbons (Fsp3) is 0. The molecule has 0 aliphatic carbocycles. The summed E-state index contributed by atoms with van der Waals surface area (Å²) in [7, 11) is 0. The van der Waals surface area contributed by atoms with E-state index in [4.69, 9.17) is 0 Å². The summed E-state index contributed by atoms with van der Waals surface area (Å²) in [5.74, 6) is 0. The first kappa shape index (κ1) is 8.96. The molecule has 0 atom stereocenters. The van der Waals surface area contributed by atoms with E-state index in [1.54, 1.807) is 11.3 Å². The van der Waals surface area contributed by atoms with Crippen molar-refractivity contribution in [3.05, 3.63) is 36.5 Å². The molecule has 66 valence electrons. The van der Waals surface area contributed by atoms with Gasteiger partial charge in [-0.25, -0.2) is 4.98 Å². The van der Waals surface area contributed by atoms with Crippen LogP contribution in [0.1, 0.15) is 0 Å². The quantitative estimate of drug-likeness (QED) is 0.677. The highest BCUT2D eigenvalue weighted by Crippen LogP contribution is 2.28. The van der Waals surface area contributed by atoms with Gasteiger partial charge in [-0.15, -0.1) is 0 Å². The first-order valence-electron chi connectivity index (χ1n) is 3.78. The largest absolute Gasteiger partial charge is 0.304 e. The molecule has 2 rings (SSSR count). The molecule has 1 aromatic heterocycles. The Morgan fingerprint density at radius 2 is 2.00 bits per heavy atom. The van der Waals surface area contributed by atoms with Gasteiger partial charge in [-0.3, -0.25) is 0 Å². The zero-order valence-corrected chi connectivity index (χ0v) is 9.67. The topological polar surface area (TPSA) is 24.9 Å². The van der Waals surface area contributed by atoms with Crippen LogP contribution in [0.2, 0.25) is 0 Å². The van der Waals surface area contributed by atoms with Crippen LogP contribution in [0.3, 0.4) is 0 Å². The predicted molar refractivity (Wildman–Crippen MR) is 65.2 cm³/mol. The zero-order valence-electron chi connectivity index (χ0n) is 6.70. The van der Waals surface area contributed by atoms with Gasteiger partial charge in [0.1, 0.15) is 0 Å². The van der Waals surface area contributed by atoms with Crippen LogP contribution >= 0.6 is 34.2 Å². The maximum atomic E-state index is 4.21. The Bertz CT molecular complexity index is 386. The number of nitrogens with zero attached hydrogens (tertiary/aromatic N) is 1. The van der Waals surface area contributed by atoms with Crippen molar-refractivity contribution in [3.63, 3.8) is 0 Å². The predicted octanol–water partition coefficient (Wildman–Crippen LogP) is 3.57. The van der Waals surface area contributed by atoms with Crippen LogP contribution in [0.5, 0.6) is 0 Å². The van der Waals surface area contributed by atoms with Gasteiger partial charge in [0.2, 0.25) is 0 Å². The van der Waals surface area contributed by atoms with Gasteiger partial charge >= 0.3 is 0 Å². The fourth-order valence-corrected chi connectivity index (χ4v) is 2.23. The number of hydrogen-bond donors (Lipinski definition) is 1. The average Bonchev–Trinajstić information content (AvgIpc) is 2.67. The molecule has 0 saturated carbocycles. The molecular weight excluding hydrogens is 295 g/mol. The molecule has 0 amide bonds. The molecule has 13 heavy (non-hydrogen) atoms. The van der Waals surface area contributed by atoms with Crippen LogP contribution in [0.15, 0.2) is 36.5 Å². The van der Waals surface area contributed by atoms with Crippen molar-refractivity contribution < 1.29 is 0 Å². The van der Waals surface area contributed by atoms with Crippen molar-refractivity contribution in [3.8, 4) is 10.4 Å². The molecule has 0 aliphatic rings. The molecule has 0 radical (unpaired) electrons. The molecule has 0 fully saturated rings. The van der Waals surface area contributed by atoms with Crippen molar-refractivity contribution in [2.75, 3.05) is 3.53 Å². The van der Waals surface area contributed by atoms with E-state index < -0.39 is 0 Å². The second kappa shape index (κ2) is 4.06. The SMILES string of the molecule is INc1ncc(-c2ccccc2)s1. The van der Waals surface area contributed by atoms with Crippen LogP contribution in [-0.4, -0.2) is 4.98 Å². The van der Waals surface area contributed by atoms with Gasteiger partial charge in [-0.1, -0.05) is 41.7 Å². The lowest BCUT2D eigenvalue weighted by Crippen LogP contribution is -1.71. The van der Waals surface area contributed by atoms with Gasteiger partial charge in [0.05, 0.1) is 27.7 Å². The van der Waals surface area contributed by atoms with Crippen molar-refractivity contribution in [1.82, 2.24) is 4.98 Å². The summed E-state index contributed by atoms with van der Waals surface area (Å²) in [6.45, 7) is 0. The monoisotopic (exact) mass is 302 g/mol. The molecule has 1 N–H and O–H groups in total. The number of thiazole rings is 1. The molecule has 0 bridgehead atoms. The first-order valence-corrected chi connectivity index (χ1v) is 5.67. The van der Waals surface area contributed by atoms with E-state index in [1.165, 1.54) is 10.4 Å². The van der Waals surface area contributed by atoms with E-state index >= 15 is 0 Å². The summed E-state index contributed by atoms with van der Waals surface area (Å²) in [5, 5.41) is 0.944. The molecule has 1 heterocycles. The van der Waals surface area contributed by atoms with E-state index in [9.17, 15) is 0 Å². The lowest BCUT2D eigenvalue weighted by Gasteiger charge is -1.93. The summed E-state index contributed by atoms with van der Waals surface area (Å²) in [5.41, 5.74) is 1.22. The van der Waals surface area contributed by atoms with Gasteiger partial charge < -0.3 is 3.53 Å². The summed E-state index contributed by atoms with van der Waals surface area (Å²) in [4.78, 5) is 5.41. The van der Waals surface area contributed by atoms with E-state index in [0.29, 0.717) is 0 Å². The molecule has 0 saturated heterocycles. The average molecular weight is 302 g/mol. The Morgan fingerprint density at radius 3 is 2.62 bits per heavy atom. The normalized spacial score (nSPS) is 9.92. The number of hydrogen-bond acceptors (Lipinski definition) is 3. The zero-order chi connectivity index (χ0) is 9.10. The van der Waals surface area contributed by atoms with Crippen molar-refractivity contribution >= 4 is 39.3 Å². The molecule has 2 aromatic rings. The fourth-order valence-electron chi connectivity index (χ4n) is 1.05. The highest BCUT2D eigenvalue weighted by atomic mass is 127. The lowest BCUT2D eigenvalue weighted by atomic mass is 10.2. The van der Waals surface area contributed by atoms with Gasteiger partial charge in [-0.2, -0.15) is 0 Å². The first-order chi connectivity index (χ1) is 6.40. The van der Waals surface area contributed by atoms with Crippen molar-refractivity contribution in [1.29, 1.82) is 0 Å². The van der Waals surface area contributed by atoms with Crippen LogP contribution in [0.25, 0.3) is 10.4 Å². The smallest absolute Gasteiger partial charge is 0.192 e. The van der Waals surface area contributed by atoms with Crippen molar-refractivity contribution in [2.24, 2.45) is 0 Å². The third kappa shape index (κ3) is 2.00. The van der Waals surface area contributed by atoms with E-state index in [-0.39, 0.29) is 0 Å². The Labute approximate surface area is 94.5 Å². The molecular formula is C9H7IN2S. The van der Waals surface area contributed by atoms with Gasteiger partial charge in [-0.05, 0) is 5.56 Å². The van der Waals surface area contributed by atoms with Crippen LogP contribution < -0.4 is 3.53 Å². The van der Waals surface area contributed by atoms with E-state index in [1.807, 2.05) is 24.4 Å². The second-order valence-corrected chi connectivity index (χ2v) is 4.06.